The molecule has 2 heterocycles. The second-order valence-corrected chi connectivity index (χ2v) is 4.54. The van der Waals surface area contributed by atoms with Crippen molar-refractivity contribution in [2.75, 3.05) is 6.54 Å². The van der Waals surface area contributed by atoms with Crippen LogP contribution in [-0.4, -0.2) is 26.3 Å². The van der Waals surface area contributed by atoms with E-state index in [9.17, 15) is 0 Å². The Hall–Kier alpha value is -1.75. The van der Waals surface area contributed by atoms with Gasteiger partial charge in [-0.1, -0.05) is 6.92 Å². The van der Waals surface area contributed by atoms with Gasteiger partial charge in [-0.3, -0.25) is 9.67 Å². The molecule has 2 rings (SSSR count). The van der Waals surface area contributed by atoms with Gasteiger partial charge in [0.1, 0.15) is 12.2 Å². The molecule has 0 aliphatic carbocycles. The highest BCUT2D eigenvalue weighted by molar-refractivity contribution is 5.25. The van der Waals surface area contributed by atoms with Crippen LogP contribution in [-0.2, 0) is 13.0 Å². The zero-order chi connectivity index (χ0) is 13.7. The highest BCUT2D eigenvalue weighted by Gasteiger charge is 2.16. The van der Waals surface area contributed by atoms with Gasteiger partial charge >= 0.3 is 0 Å². The molecule has 0 aliphatic heterocycles. The molecule has 0 radical (unpaired) electrons. The molecular formula is C14H21N5. The first-order valence-corrected chi connectivity index (χ1v) is 6.76. The van der Waals surface area contributed by atoms with Crippen molar-refractivity contribution in [3.05, 3.63) is 41.7 Å². The molecule has 5 nitrogen and oxygen atoms in total. The van der Waals surface area contributed by atoms with Crippen LogP contribution >= 0.6 is 0 Å². The summed E-state index contributed by atoms with van der Waals surface area (Å²) >= 11 is 0. The Morgan fingerprint density at radius 3 is 2.89 bits per heavy atom. The number of nitrogens with zero attached hydrogens (tertiary/aromatic N) is 4. The lowest BCUT2D eigenvalue weighted by molar-refractivity contribution is 0.507. The van der Waals surface area contributed by atoms with Gasteiger partial charge in [-0.25, -0.2) is 4.98 Å². The quantitative estimate of drug-likeness (QED) is 0.860. The normalized spacial score (nSPS) is 12.6. The molecule has 19 heavy (non-hydrogen) atoms. The fourth-order valence-corrected chi connectivity index (χ4v) is 2.27. The second kappa shape index (κ2) is 6.43. The van der Waals surface area contributed by atoms with Gasteiger partial charge in [0, 0.05) is 31.4 Å². The van der Waals surface area contributed by atoms with Crippen LogP contribution in [0.2, 0.25) is 0 Å². The highest BCUT2D eigenvalue weighted by Crippen LogP contribution is 2.19. The molecule has 2 aromatic rings. The van der Waals surface area contributed by atoms with E-state index < -0.39 is 0 Å². The van der Waals surface area contributed by atoms with E-state index in [2.05, 4.69) is 41.2 Å². The Morgan fingerprint density at radius 1 is 1.37 bits per heavy atom. The van der Waals surface area contributed by atoms with Crippen molar-refractivity contribution in [1.82, 2.24) is 25.1 Å². The van der Waals surface area contributed by atoms with Crippen molar-refractivity contribution in [2.24, 2.45) is 0 Å². The molecule has 0 bridgehead atoms. The van der Waals surface area contributed by atoms with Gasteiger partial charge in [0.2, 0.25) is 0 Å². The summed E-state index contributed by atoms with van der Waals surface area (Å²) in [6.07, 6.45) is 6.22. The molecular weight excluding hydrogens is 238 g/mol. The predicted molar refractivity (Wildman–Crippen MR) is 74.8 cm³/mol. The third-order valence-electron chi connectivity index (χ3n) is 3.29. The minimum atomic E-state index is 0.230. The van der Waals surface area contributed by atoms with E-state index in [0.717, 1.165) is 25.3 Å². The second-order valence-electron chi connectivity index (χ2n) is 4.54. The number of hydrogen-bond acceptors (Lipinski definition) is 4. The molecule has 0 aromatic carbocycles. The summed E-state index contributed by atoms with van der Waals surface area (Å²) in [5, 5.41) is 7.73. The van der Waals surface area contributed by atoms with Crippen molar-refractivity contribution in [1.29, 1.82) is 0 Å². The van der Waals surface area contributed by atoms with Crippen molar-refractivity contribution in [3.8, 4) is 0 Å². The number of aryl methyl sites for hydroxylation is 2. The first-order valence-electron chi connectivity index (χ1n) is 6.76. The summed E-state index contributed by atoms with van der Waals surface area (Å²) in [5.74, 6) is 1.01. The molecule has 1 atom stereocenters. The van der Waals surface area contributed by atoms with Gasteiger partial charge < -0.3 is 5.32 Å². The van der Waals surface area contributed by atoms with Gasteiger partial charge in [0.05, 0.1) is 0 Å². The molecule has 0 amide bonds. The predicted octanol–water partition coefficient (Wildman–Crippen LogP) is 1.89. The van der Waals surface area contributed by atoms with E-state index in [1.54, 1.807) is 6.33 Å². The van der Waals surface area contributed by atoms with Crippen molar-refractivity contribution in [2.45, 2.75) is 39.8 Å². The average Bonchev–Trinajstić information content (AvgIpc) is 2.86. The first-order chi connectivity index (χ1) is 9.26. The van der Waals surface area contributed by atoms with Gasteiger partial charge in [-0.15, -0.1) is 0 Å². The molecule has 0 fully saturated rings. The summed E-state index contributed by atoms with van der Waals surface area (Å²) in [6.45, 7) is 8.07. The van der Waals surface area contributed by atoms with Gasteiger partial charge in [0.15, 0.2) is 0 Å². The Bertz CT molecular complexity index is 520. The topological polar surface area (TPSA) is 55.6 Å². The largest absolute Gasteiger partial charge is 0.310 e. The fraction of sp³-hybridized carbons (Fsp3) is 0.500. The molecule has 1 unspecified atom stereocenters. The van der Waals surface area contributed by atoms with Gasteiger partial charge in [-0.05, 0) is 37.6 Å². The molecule has 0 aliphatic rings. The van der Waals surface area contributed by atoms with Crippen LogP contribution in [0.4, 0.5) is 0 Å². The third-order valence-corrected chi connectivity index (χ3v) is 3.29. The summed E-state index contributed by atoms with van der Waals surface area (Å²) in [7, 11) is 0. The molecule has 0 spiro atoms. The van der Waals surface area contributed by atoms with Crippen LogP contribution in [0.25, 0.3) is 0 Å². The minimum absolute atomic E-state index is 0.230. The maximum Gasteiger partial charge on any atom is 0.138 e. The van der Waals surface area contributed by atoms with E-state index >= 15 is 0 Å². The van der Waals surface area contributed by atoms with Crippen LogP contribution in [0.1, 0.15) is 36.8 Å². The molecule has 2 aromatic heterocycles. The summed E-state index contributed by atoms with van der Waals surface area (Å²) in [5.41, 5.74) is 2.48. The zero-order valence-corrected chi connectivity index (χ0v) is 11.8. The molecule has 0 saturated heterocycles. The summed E-state index contributed by atoms with van der Waals surface area (Å²) in [4.78, 5) is 8.59. The Morgan fingerprint density at radius 2 is 2.21 bits per heavy atom. The van der Waals surface area contributed by atoms with Crippen LogP contribution in [0.5, 0.6) is 0 Å². The number of nitrogens with one attached hydrogen (secondary N) is 1. The monoisotopic (exact) mass is 259 g/mol. The highest BCUT2D eigenvalue weighted by atomic mass is 15.3. The van der Waals surface area contributed by atoms with Crippen molar-refractivity contribution < 1.29 is 0 Å². The number of rotatable bonds is 6. The lowest BCUT2D eigenvalue weighted by Crippen LogP contribution is -2.25. The Kier molecular flexibility index (Phi) is 4.63. The number of aromatic nitrogens is 4. The van der Waals surface area contributed by atoms with Gasteiger partial charge in [-0.2, -0.15) is 5.10 Å². The molecule has 5 heteroatoms. The van der Waals surface area contributed by atoms with E-state index in [1.807, 2.05) is 23.1 Å². The van der Waals surface area contributed by atoms with E-state index in [1.165, 1.54) is 11.1 Å². The van der Waals surface area contributed by atoms with E-state index in [4.69, 9.17) is 0 Å². The van der Waals surface area contributed by atoms with Crippen LogP contribution in [0, 0.1) is 6.92 Å². The number of pyridine rings is 1. The zero-order valence-electron chi connectivity index (χ0n) is 11.8. The number of likely N-dealkylation sites (N-methyl/N-ethyl adjacent to an activating group) is 1. The first kappa shape index (κ1) is 13.7. The van der Waals surface area contributed by atoms with E-state index in [-0.39, 0.29) is 6.04 Å². The lowest BCUT2D eigenvalue weighted by Gasteiger charge is -2.19. The van der Waals surface area contributed by atoms with Crippen LogP contribution in [0.15, 0.2) is 24.8 Å². The Labute approximate surface area is 114 Å². The maximum absolute atomic E-state index is 4.36. The van der Waals surface area contributed by atoms with Crippen molar-refractivity contribution in [3.63, 3.8) is 0 Å². The van der Waals surface area contributed by atoms with Crippen molar-refractivity contribution >= 4 is 0 Å². The number of hydrogen-bond donors (Lipinski definition) is 1. The summed E-state index contributed by atoms with van der Waals surface area (Å²) in [6, 6.07) is 2.28. The van der Waals surface area contributed by atoms with Crippen LogP contribution in [0.3, 0.4) is 0 Å². The fourth-order valence-electron chi connectivity index (χ4n) is 2.27. The molecule has 102 valence electrons. The van der Waals surface area contributed by atoms with E-state index in [0.29, 0.717) is 0 Å². The molecule has 1 N–H and O–H groups in total. The van der Waals surface area contributed by atoms with Gasteiger partial charge in [0.25, 0.3) is 0 Å². The maximum atomic E-state index is 4.36. The lowest BCUT2D eigenvalue weighted by atomic mass is 10.0. The Balaban J connectivity index is 2.24. The minimum Gasteiger partial charge on any atom is -0.310 e. The smallest absolute Gasteiger partial charge is 0.138 e. The average molecular weight is 259 g/mol. The SMILES string of the molecule is CCNC(Cc1ncnn1CC)c1cnccc1C. The van der Waals surface area contributed by atoms with Crippen LogP contribution < -0.4 is 5.32 Å². The standard InChI is InChI=1S/C14H21N5/c1-4-16-13(12-9-15-7-6-11(12)3)8-14-17-10-18-19(14)5-2/h6-7,9-10,13,16H,4-5,8H2,1-3H3. The third kappa shape index (κ3) is 3.17. The summed E-state index contributed by atoms with van der Waals surface area (Å²) < 4.78 is 1.94. The molecule has 0 saturated carbocycles.